The molecule has 0 amide bonds. The van der Waals surface area contributed by atoms with E-state index in [2.05, 4.69) is 0 Å². The maximum atomic E-state index is 12.9. The number of carbonyl (C=O) groups is 1. The van der Waals surface area contributed by atoms with Crippen LogP contribution in [-0.4, -0.2) is 11.1 Å². The lowest BCUT2D eigenvalue weighted by molar-refractivity contribution is -0.134. The SMILES string of the molecule is O=C(O)C(F)=Cc1ccc(-c2ccccc2)cc1. The first kappa shape index (κ1) is 12.0. The zero-order valence-electron chi connectivity index (χ0n) is 9.51. The molecular formula is C15H11FO2. The van der Waals surface area contributed by atoms with E-state index in [0.29, 0.717) is 5.56 Å². The van der Waals surface area contributed by atoms with E-state index in [1.54, 1.807) is 12.1 Å². The van der Waals surface area contributed by atoms with Crippen molar-refractivity contribution in [3.05, 3.63) is 66.0 Å². The van der Waals surface area contributed by atoms with Crippen molar-refractivity contribution in [2.75, 3.05) is 0 Å². The quantitative estimate of drug-likeness (QED) is 0.832. The molecule has 0 aliphatic carbocycles. The van der Waals surface area contributed by atoms with Crippen LogP contribution in [-0.2, 0) is 4.79 Å². The normalized spacial score (nSPS) is 11.3. The largest absolute Gasteiger partial charge is 0.476 e. The monoisotopic (exact) mass is 242 g/mol. The molecule has 2 aromatic rings. The first-order valence-electron chi connectivity index (χ1n) is 5.43. The van der Waals surface area contributed by atoms with Gasteiger partial charge in [0.05, 0.1) is 0 Å². The van der Waals surface area contributed by atoms with Crippen LogP contribution < -0.4 is 0 Å². The molecule has 18 heavy (non-hydrogen) atoms. The number of carboxylic acid groups (broad SMARTS) is 1. The minimum atomic E-state index is -1.55. The molecule has 0 aliphatic rings. The summed E-state index contributed by atoms with van der Waals surface area (Å²) in [5.74, 6) is -2.72. The second-order valence-corrected chi connectivity index (χ2v) is 3.79. The summed E-state index contributed by atoms with van der Waals surface area (Å²) in [7, 11) is 0. The molecule has 0 spiro atoms. The third-order valence-corrected chi connectivity index (χ3v) is 2.52. The van der Waals surface area contributed by atoms with Crippen LogP contribution in [0.25, 0.3) is 17.2 Å². The highest BCUT2D eigenvalue weighted by molar-refractivity contribution is 5.89. The van der Waals surface area contributed by atoms with Gasteiger partial charge in [0.1, 0.15) is 0 Å². The number of carboxylic acids is 1. The van der Waals surface area contributed by atoms with Crippen molar-refractivity contribution in [3.63, 3.8) is 0 Å². The van der Waals surface area contributed by atoms with Crippen LogP contribution in [0, 0.1) is 0 Å². The molecule has 0 heterocycles. The van der Waals surface area contributed by atoms with E-state index in [-0.39, 0.29) is 0 Å². The van der Waals surface area contributed by atoms with E-state index in [9.17, 15) is 9.18 Å². The average molecular weight is 242 g/mol. The molecule has 90 valence electrons. The number of hydrogen-bond acceptors (Lipinski definition) is 1. The molecule has 0 aliphatic heterocycles. The molecule has 0 unspecified atom stereocenters. The summed E-state index contributed by atoms with van der Waals surface area (Å²) >= 11 is 0. The molecule has 0 saturated heterocycles. The van der Waals surface area contributed by atoms with Gasteiger partial charge in [-0.2, -0.15) is 4.39 Å². The molecule has 2 nitrogen and oxygen atoms in total. The van der Waals surface area contributed by atoms with Crippen molar-refractivity contribution in [2.45, 2.75) is 0 Å². The van der Waals surface area contributed by atoms with E-state index in [0.717, 1.165) is 17.2 Å². The Morgan fingerprint density at radius 1 is 0.944 bits per heavy atom. The molecule has 2 rings (SSSR count). The van der Waals surface area contributed by atoms with Gasteiger partial charge in [-0.1, -0.05) is 54.6 Å². The molecule has 0 radical (unpaired) electrons. The fourth-order valence-corrected chi connectivity index (χ4v) is 1.61. The predicted octanol–water partition coefficient (Wildman–Crippen LogP) is 3.75. The molecule has 0 saturated carbocycles. The Morgan fingerprint density at radius 3 is 2.06 bits per heavy atom. The van der Waals surface area contributed by atoms with E-state index in [4.69, 9.17) is 5.11 Å². The van der Waals surface area contributed by atoms with Crippen LogP contribution in [0.5, 0.6) is 0 Å². The Hall–Kier alpha value is -2.42. The number of hydrogen-bond donors (Lipinski definition) is 1. The Bertz CT molecular complexity index is 571. The molecular weight excluding hydrogens is 231 g/mol. The number of rotatable bonds is 3. The number of halogens is 1. The van der Waals surface area contributed by atoms with Crippen molar-refractivity contribution in [1.82, 2.24) is 0 Å². The van der Waals surface area contributed by atoms with Crippen LogP contribution >= 0.6 is 0 Å². The maximum Gasteiger partial charge on any atom is 0.364 e. The summed E-state index contributed by atoms with van der Waals surface area (Å²) in [6.45, 7) is 0. The van der Waals surface area contributed by atoms with E-state index in [1.165, 1.54) is 0 Å². The topological polar surface area (TPSA) is 37.3 Å². The van der Waals surface area contributed by atoms with E-state index in [1.807, 2.05) is 42.5 Å². The van der Waals surface area contributed by atoms with Gasteiger partial charge in [0.2, 0.25) is 5.83 Å². The van der Waals surface area contributed by atoms with Gasteiger partial charge in [-0.3, -0.25) is 0 Å². The Kier molecular flexibility index (Phi) is 3.53. The predicted molar refractivity (Wildman–Crippen MR) is 68.6 cm³/mol. The van der Waals surface area contributed by atoms with Crippen molar-refractivity contribution >= 4 is 12.0 Å². The standard InChI is InChI=1S/C15H11FO2/c16-14(15(17)18)10-11-6-8-13(9-7-11)12-4-2-1-3-5-12/h1-10H,(H,17,18). The van der Waals surface area contributed by atoms with Crippen LogP contribution in [0.1, 0.15) is 5.56 Å². The molecule has 0 aromatic heterocycles. The first-order chi connectivity index (χ1) is 8.66. The maximum absolute atomic E-state index is 12.9. The van der Waals surface area contributed by atoms with Crippen molar-refractivity contribution in [1.29, 1.82) is 0 Å². The lowest BCUT2D eigenvalue weighted by Gasteiger charge is -2.01. The average Bonchev–Trinajstić information content (AvgIpc) is 2.40. The molecule has 1 N–H and O–H groups in total. The zero-order chi connectivity index (χ0) is 13.0. The van der Waals surface area contributed by atoms with Gasteiger partial charge in [-0.15, -0.1) is 0 Å². The third kappa shape index (κ3) is 2.83. The van der Waals surface area contributed by atoms with Crippen LogP contribution in [0.15, 0.2) is 60.4 Å². The summed E-state index contributed by atoms with van der Waals surface area (Å²) in [5.41, 5.74) is 2.59. The fourth-order valence-electron chi connectivity index (χ4n) is 1.61. The summed E-state index contributed by atoms with van der Waals surface area (Å²) < 4.78 is 12.9. The smallest absolute Gasteiger partial charge is 0.364 e. The van der Waals surface area contributed by atoms with Crippen molar-refractivity contribution in [2.24, 2.45) is 0 Å². The molecule has 0 fully saturated rings. The number of aliphatic carboxylic acids is 1. The van der Waals surface area contributed by atoms with Gasteiger partial charge in [0.15, 0.2) is 0 Å². The van der Waals surface area contributed by atoms with Crippen molar-refractivity contribution in [3.8, 4) is 11.1 Å². The van der Waals surface area contributed by atoms with Crippen LogP contribution in [0.3, 0.4) is 0 Å². The molecule has 0 bridgehead atoms. The highest BCUT2D eigenvalue weighted by Gasteiger charge is 2.04. The second kappa shape index (κ2) is 5.27. The van der Waals surface area contributed by atoms with Gasteiger partial charge in [-0.05, 0) is 22.8 Å². The van der Waals surface area contributed by atoms with E-state index < -0.39 is 11.8 Å². The van der Waals surface area contributed by atoms with Gasteiger partial charge >= 0.3 is 5.97 Å². The van der Waals surface area contributed by atoms with E-state index >= 15 is 0 Å². The fraction of sp³-hybridized carbons (Fsp3) is 0. The number of benzene rings is 2. The Labute approximate surface area is 104 Å². The highest BCUT2D eigenvalue weighted by Crippen LogP contribution is 2.20. The van der Waals surface area contributed by atoms with Crippen LogP contribution in [0.2, 0.25) is 0 Å². The summed E-state index contributed by atoms with van der Waals surface area (Å²) in [4.78, 5) is 10.3. The summed E-state index contributed by atoms with van der Waals surface area (Å²) in [5, 5.41) is 8.43. The third-order valence-electron chi connectivity index (χ3n) is 2.52. The minimum Gasteiger partial charge on any atom is -0.476 e. The first-order valence-corrected chi connectivity index (χ1v) is 5.43. The second-order valence-electron chi connectivity index (χ2n) is 3.79. The molecule has 2 aromatic carbocycles. The Morgan fingerprint density at radius 2 is 1.50 bits per heavy atom. The Balaban J connectivity index is 2.26. The summed E-state index contributed by atoms with van der Waals surface area (Å²) in [6, 6.07) is 16.8. The lowest BCUT2D eigenvalue weighted by Crippen LogP contribution is -1.93. The van der Waals surface area contributed by atoms with Gasteiger partial charge in [-0.25, -0.2) is 4.79 Å². The van der Waals surface area contributed by atoms with Gasteiger partial charge < -0.3 is 5.11 Å². The molecule has 3 heteroatoms. The zero-order valence-corrected chi connectivity index (χ0v) is 9.51. The minimum absolute atomic E-state index is 0.523. The summed E-state index contributed by atoms with van der Waals surface area (Å²) in [6.07, 6.45) is 0.997. The van der Waals surface area contributed by atoms with Crippen LogP contribution in [0.4, 0.5) is 4.39 Å². The highest BCUT2D eigenvalue weighted by atomic mass is 19.1. The molecule has 0 atom stereocenters. The lowest BCUT2D eigenvalue weighted by atomic mass is 10.0. The van der Waals surface area contributed by atoms with Crippen molar-refractivity contribution < 1.29 is 14.3 Å². The van der Waals surface area contributed by atoms with Gasteiger partial charge in [0, 0.05) is 0 Å². The van der Waals surface area contributed by atoms with Gasteiger partial charge in [0.25, 0.3) is 0 Å².